The molecule has 2 N–H and O–H groups in total. The Morgan fingerprint density at radius 1 is 1.22 bits per heavy atom. The van der Waals surface area contributed by atoms with E-state index in [0.29, 0.717) is 38.1 Å². The highest BCUT2D eigenvalue weighted by Gasteiger charge is 2.31. The second-order valence-electron chi connectivity index (χ2n) is 7.15. The molecule has 4 rings (SSSR count). The fourth-order valence-electron chi connectivity index (χ4n) is 3.41. The van der Waals surface area contributed by atoms with Crippen LogP contribution in [0.1, 0.15) is 11.7 Å². The van der Waals surface area contributed by atoms with Gasteiger partial charge in [-0.2, -0.15) is 15.0 Å². The Balaban J connectivity index is 1.84. The number of pyridine rings is 1. The lowest BCUT2D eigenvalue weighted by Gasteiger charge is -2.31. The average Bonchev–Trinajstić information content (AvgIpc) is 3.19. The van der Waals surface area contributed by atoms with Crippen molar-refractivity contribution in [2.45, 2.75) is 6.04 Å². The first-order chi connectivity index (χ1) is 15.5. The van der Waals surface area contributed by atoms with Crippen molar-refractivity contribution in [3.8, 4) is 0 Å². The third kappa shape index (κ3) is 4.57. The summed E-state index contributed by atoms with van der Waals surface area (Å²) in [4.78, 5) is 24.9. The average molecular weight is 447 g/mol. The highest BCUT2D eigenvalue weighted by molar-refractivity contribution is 5.57. The molecule has 1 fully saturated rings. The van der Waals surface area contributed by atoms with E-state index in [1.807, 2.05) is 4.90 Å². The number of rotatable bonds is 7. The summed E-state index contributed by atoms with van der Waals surface area (Å²) in [7, 11) is 3.25. The summed E-state index contributed by atoms with van der Waals surface area (Å²) in [6, 6.07) is -0.0995. The number of nitrogens with zero attached hydrogens (tertiary/aromatic N) is 8. The van der Waals surface area contributed by atoms with Crippen LogP contribution in [0.3, 0.4) is 0 Å². The van der Waals surface area contributed by atoms with Crippen molar-refractivity contribution in [2.75, 3.05) is 55.6 Å². The third-order valence-corrected chi connectivity index (χ3v) is 4.86. The quantitative estimate of drug-likeness (QED) is 0.566. The zero-order valence-electron chi connectivity index (χ0n) is 17.6. The number of aryl methyl sites for hydroxylation is 1. The molecule has 3 aromatic heterocycles. The van der Waals surface area contributed by atoms with Crippen LogP contribution in [0.2, 0.25) is 0 Å². The van der Waals surface area contributed by atoms with Crippen molar-refractivity contribution in [1.29, 1.82) is 0 Å². The first-order valence-electron chi connectivity index (χ1n) is 9.87. The molecule has 4 heterocycles. The van der Waals surface area contributed by atoms with Crippen LogP contribution in [0.25, 0.3) is 0 Å². The second kappa shape index (κ2) is 9.36. The first kappa shape index (κ1) is 21.8. The molecule has 1 atom stereocenters. The van der Waals surface area contributed by atoms with E-state index < -0.39 is 17.7 Å². The number of nitrogen functional groups attached to an aromatic ring is 1. The van der Waals surface area contributed by atoms with Gasteiger partial charge in [-0.1, -0.05) is 0 Å². The molecule has 1 saturated heterocycles. The number of nitrogens with two attached hydrogens (primary N) is 1. The summed E-state index contributed by atoms with van der Waals surface area (Å²) in [6.07, 6.45) is 4.23. The first-order valence-corrected chi connectivity index (χ1v) is 9.87. The van der Waals surface area contributed by atoms with Crippen molar-refractivity contribution in [3.63, 3.8) is 0 Å². The Labute approximate surface area is 182 Å². The number of halogens is 2. The van der Waals surface area contributed by atoms with Gasteiger partial charge in [0.2, 0.25) is 17.8 Å². The number of ether oxygens (including phenoxy) is 2. The topological polar surface area (TPSA) is 120 Å². The van der Waals surface area contributed by atoms with Gasteiger partial charge in [-0.15, -0.1) is 0 Å². The van der Waals surface area contributed by atoms with Gasteiger partial charge in [0, 0.05) is 39.5 Å². The molecular formula is C19H23F2N9O2. The van der Waals surface area contributed by atoms with E-state index in [1.54, 1.807) is 29.0 Å². The van der Waals surface area contributed by atoms with Crippen molar-refractivity contribution in [1.82, 2.24) is 29.5 Å². The lowest BCUT2D eigenvalue weighted by atomic mass is 10.1. The van der Waals surface area contributed by atoms with Crippen molar-refractivity contribution >= 4 is 23.7 Å². The molecule has 32 heavy (non-hydrogen) atoms. The summed E-state index contributed by atoms with van der Waals surface area (Å²) in [5, 5.41) is 0. The largest absolute Gasteiger partial charge is 0.382 e. The predicted molar refractivity (Wildman–Crippen MR) is 111 cm³/mol. The Kier molecular flexibility index (Phi) is 6.37. The van der Waals surface area contributed by atoms with Gasteiger partial charge < -0.3 is 24.7 Å². The lowest BCUT2D eigenvalue weighted by Crippen LogP contribution is -2.38. The van der Waals surface area contributed by atoms with Gasteiger partial charge in [0.25, 0.3) is 0 Å². The SMILES string of the molecule is COC[C@@H](c1ncc(F)cc1F)N(c1cn(C)cn1)c1nc(N)nc(N2CCOCC2)n1. The minimum Gasteiger partial charge on any atom is -0.382 e. The molecule has 0 unspecified atom stereocenters. The van der Waals surface area contributed by atoms with Crippen LogP contribution in [0, 0.1) is 11.6 Å². The van der Waals surface area contributed by atoms with Crippen LogP contribution < -0.4 is 15.5 Å². The Hall–Kier alpha value is -3.45. The van der Waals surface area contributed by atoms with Crippen LogP contribution in [0.5, 0.6) is 0 Å². The monoisotopic (exact) mass is 447 g/mol. The van der Waals surface area contributed by atoms with Gasteiger partial charge in [0.1, 0.15) is 23.4 Å². The molecule has 1 aliphatic heterocycles. The maximum Gasteiger partial charge on any atom is 0.238 e. The summed E-state index contributed by atoms with van der Waals surface area (Å²) >= 11 is 0. The highest BCUT2D eigenvalue weighted by Crippen LogP contribution is 2.33. The molecule has 0 bridgehead atoms. The Morgan fingerprint density at radius 3 is 2.66 bits per heavy atom. The van der Waals surface area contributed by atoms with Crippen molar-refractivity contribution in [3.05, 3.63) is 42.1 Å². The minimum absolute atomic E-state index is 0.00932. The van der Waals surface area contributed by atoms with Gasteiger partial charge in [0.15, 0.2) is 5.82 Å². The fourth-order valence-corrected chi connectivity index (χ4v) is 3.41. The minimum atomic E-state index is -0.866. The van der Waals surface area contributed by atoms with Crippen LogP contribution in [-0.4, -0.2) is 69.5 Å². The van der Waals surface area contributed by atoms with Crippen molar-refractivity contribution in [2.24, 2.45) is 7.05 Å². The van der Waals surface area contributed by atoms with E-state index in [4.69, 9.17) is 15.2 Å². The zero-order valence-corrected chi connectivity index (χ0v) is 17.6. The number of hydrogen-bond donors (Lipinski definition) is 1. The van der Waals surface area contributed by atoms with E-state index in [1.165, 1.54) is 7.11 Å². The van der Waals surface area contributed by atoms with Crippen molar-refractivity contribution < 1.29 is 18.3 Å². The van der Waals surface area contributed by atoms with E-state index in [2.05, 4.69) is 24.9 Å². The Bertz CT molecular complexity index is 1070. The van der Waals surface area contributed by atoms with Crippen LogP contribution in [-0.2, 0) is 16.5 Å². The summed E-state index contributed by atoms with van der Waals surface area (Å²) in [5.74, 6) is -0.736. The van der Waals surface area contributed by atoms with E-state index >= 15 is 0 Å². The molecule has 13 heteroatoms. The molecule has 11 nitrogen and oxygen atoms in total. The van der Waals surface area contributed by atoms with Crippen LogP contribution in [0.4, 0.5) is 32.4 Å². The van der Waals surface area contributed by atoms with Gasteiger partial charge in [-0.3, -0.25) is 9.88 Å². The highest BCUT2D eigenvalue weighted by atomic mass is 19.1. The second-order valence-corrected chi connectivity index (χ2v) is 7.15. The molecule has 0 radical (unpaired) electrons. The molecule has 0 amide bonds. The number of imidazole rings is 1. The van der Waals surface area contributed by atoms with Gasteiger partial charge in [-0.25, -0.2) is 13.8 Å². The molecular weight excluding hydrogens is 424 g/mol. The molecule has 170 valence electrons. The Morgan fingerprint density at radius 2 is 2.00 bits per heavy atom. The predicted octanol–water partition coefficient (Wildman–Crippen LogP) is 1.22. The van der Waals surface area contributed by atoms with E-state index in [9.17, 15) is 8.78 Å². The normalized spacial score (nSPS) is 15.1. The smallest absolute Gasteiger partial charge is 0.238 e. The molecule has 0 aliphatic carbocycles. The number of methoxy groups -OCH3 is 1. The molecule has 0 aromatic carbocycles. The molecule has 1 aliphatic rings. The molecule has 3 aromatic rings. The van der Waals surface area contributed by atoms with Crippen LogP contribution in [0.15, 0.2) is 24.8 Å². The lowest BCUT2D eigenvalue weighted by molar-refractivity contribution is 0.122. The molecule has 0 saturated carbocycles. The zero-order chi connectivity index (χ0) is 22.7. The number of anilines is 4. The number of aromatic nitrogens is 6. The number of morpholine rings is 1. The van der Waals surface area contributed by atoms with E-state index in [-0.39, 0.29) is 24.2 Å². The van der Waals surface area contributed by atoms with Gasteiger partial charge in [-0.05, 0) is 0 Å². The maximum atomic E-state index is 14.8. The molecule has 0 spiro atoms. The number of hydrogen-bond acceptors (Lipinski definition) is 10. The maximum absolute atomic E-state index is 14.8. The summed E-state index contributed by atoms with van der Waals surface area (Å²) in [5.41, 5.74) is 5.96. The van der Waals surface area contributed by atoms with E-state index in [0.717, 1.165) is 12.3 Å². The fraction of sp³-hybridized carbons (Fsp3) is 0.421. The standard InChI is InChI=1S/C19H23F2N9O2/c1-28-9-15(24-11-28)30(14(10-31-2)16-13(21)7-12(20)8-23-16)19-26-17(22)25-18(27-19)29-3-5-32-6-4-29/h7-9,11,14H,3-6,10H2,1-2H3,(H2,22,25,26,27)/t14-/m0/s1. The van der Waals surface area contributed by atoms with Crippen LogP contribution >= 0.6 is 0 Å². The third-order valence-electron chi connectivity index (χ3n) is 4.86. The van der Waals surface area contributed by atoms with Gasteiger partial charge in [0.05, 0.1) is 32.3 Å². The summed E-state index contributed by atoms with van der Waals surface area (Å²) in [6.45, 7) is 2.22. The van der Waals surface area contributed by atoms with Gasteiger partial charge >= 0.3 is 0 Å². The summed E-state index contributed by atoms with van der Waals surface area (Å²) < 4.78 is 40.7.